The summed E-state index contributed by atoms with van der Waals surface area (Å²) in [5, 5.41) is 12.5. The van der Waals surface area contributed by atoms with Gasteiger partial charge in [0.2, 0.25) is 0 Å². The molecule has 1 aromatic rings. The minimum absolute atomic E-state index is 0.0442. The predicted octanol–water partition coefficient (Wildman–Crippen LogP) is 2.15. The number of amides is 3. The number of carbonyl (C=O) groups excluding carboxylic acids is 2. The van der Waals surface area contributed by atoms with Crippen LogP contribution < -0.4 is 15.8 Å². The molecule has 0 fully saturated rings. The van der Waals surface area contributed by atoms with Gasteiger partial charge in [-0.1, -0.05) is 26.2 Å². The molecule has 0 unspecified atom stereocenters. The summed E-state index contributed by atoms with van der Waals surface area (Å²) in [6.07, 6.45) is 4.54. The molecule has 3 amide bonds. The van der Waals surface area contributed by atoms with Crippen LogP contribution in [-0.2, 0) is 0 Å². The van der Waals surface area contributed by atoms with E-state index >= 15 is 0 Å². The molecule has 0 saturated carbocycles. The molecule has 1 rings (SSSR count). The minimum atomic E-state index is -0.703. The first-order chi connectivity index (χ1) is 11.0. The zero-order chi connectivity index (χ0) is 17.1. The van der Waals surface area contributed by atoms with Gasteiger partial charge in [0.25, 0.3) is 5.91 Å². The van der Waals surface area contributed by atoms with E-state index in [2.05, 4.69) is 12.2 Å². The second-order valence-corrected chi connectivity index (χ2v) is 5.15. The molecule has 0 radical (unpaired) electrons. The van der Waals surface area contributed by atoms with E-state index in [4.69, 9.17) is 10.5 Å². The van der Waals surface area contributed by atoms with Crippen molar-refractivity contribution >= 4 is 11.9 Å². The zero-order valence-electron chi connectivity index (χ0n) is 13.5. The van der Waals surface area contributed by atoms with Crippen molar-refractivity contribution in [2.75, 3.05) is 19.7 Å². The number of unbranched alkanes of at least 4 members (excludes halogenated alkanes) is 3. The third-order valence-corrected chi connectivity index (χ3v) is 3.23. The Balaban J connectivity index is 2.39. The maximum Gasteiger partial charge on any atom is 0.312 e. The number of nitrogens with zero attached hydrogens (tertiary/aromatic N) is 1. The molecule has 0 atom stereocenters. The Morgan fingerprint density at radius 2 is 1.91 bits per heavy atom. The first kappa shape index (κ1) is 18.8. The summed E-state index contributed by atoms with van der Waals surface area (Å²) >= 11 is 0. The van der Waals surface area contributed by atoms with Crippen LogP contribution in [0.25, 0.3) is 0 Å². The van der Waals surface area contributed by atoms with Gasteiger partial charge >= 0.3 is 6.03 Å². The summed E-state index contributed by atoms with van der Waals surface area (Å²) in [6, 6.07) is 5.87. The van der Waals surface area contributed by atoms with Crippen LogP contribution in [0.4, 0.5) is 4.79 Å². The number of hydrogen-bond donors (Lipinski definition) is 3. The highest BCUT2D eigenvalue weighted by Crippen LogP contribution is 2.14. The van der Waals surface area contributed by atoms with Crippen LogP contribution in [0, 0.1) is 0 Å². The highest BCUT2D eigenvalue weighted by atomic mass is 16.5. The number of hydrogen-bond acceptors (Lipinski definition) is 4. The van der Waals surface area contributed by atoms with E-state index in [1.165, 1.54) is 12.8 Å². The predicted molar refractivity (Wildman–Crippen MR) is 86.5 cm³/mol. The van der Waals surface area contributed by atoms with Crippen molar-refractivity contribution in [1.82, 2.24) is 10.4 Å². The van der Waals surface area contributed by atoms with Crippen LogP contribution in [0.15, 0.2) is 24.3 Å². The fraction of sp³-hybridized carbons (Fsp3) is 0.500. The molecule has 128 valence electrons. The van der Waals surface area contributed by atoms with E-state index in [0.29, 0.717) is 23.0 Å². The molecule has 0 bridgehead atoms. The van der Waals surface area contributed by atoms with Crippen molar-refractivity contribution in [1.29, 1.82) is 0 Å². The Bertz CT molecular complexity index is 491. The number of carbonyl (C=O) groups is 2. The molecule has 7 nitrogen and oxygen atoms in total. The van der Waals surface area contributed by atoms with Crippen molar-refractivity contribution in [3.63, 3.8) is 0 Å². The molecular formula is C16H25N3O4. The number of hydroxylamine groups is 2. The molecule has 0 saturated heterocycles. The molecular weight excluding hydrogens is 298 g/mol. The Hall–Kier alpha value is -2.28. The number of rotatable bonds is 10. The molecule has 0 aliphatic carbocycles. The van der Waals surface area contributed by atoms with Gasteiger partial charge in [0.05, 0.1) is 13.2 Å². The van der Waals surface area contributed by atoms with Crippen LogP contribution in [0.2, 0.25) is 0 Å². The van der Waals surface area contributed by atoms with Crippen LogP contribution in [0.1, 0.15) is 43.0 Å². The van der Waals surface area contributed by atoms with E-state index < -0.39 is 11.9 Å². The summed E-state index contributed by atoms with van der Waals surface area (Å²) in [7, 11) is 0. The van der Waals surface area contributed by atoms with Crippen molar-refractivity contribution in [3.8, 4) is 5.75 Å². The van der Waals surface area contributed by atoms with E-state index in [0.717, 1.165) is 12.8 Å². The highest BCUT2D eigenvalue weighted by Gasteiger charge is 2.13. The van der Waals surface area contributed by atoms with Gasteiger partial charge in [-0.3, -0.25) is 10.0 Å². The number of nitrogens with two attached hydrogens (primary N) is 1. The molecule has 0 heterocycles. The number of benzene rings is 1. The Labute approximate surface area is 136 Å². The first-order valence-corrected chi connectivity index (χ1v) is 7.81. The molecule has 7 heteroatoms. The summed E-state index contributed by atoms with van der Waals surface area (Å²) in [6.45, 7) is 2.84. The monoisotopic (exact) mass is 323 g/mol. The minimum Gasteiger partial charge on any atom is -0.494 e. The van der Waals surface area contributed by atoms with Crippen molar-refractivity contribution in [2.45, 2.75) is 32.6 Å². The van der Waals surface area contributed by atoms with E-state index in [9.17, 15) is 14.8 Å². The smallest absolute Gasteiger partial charge is 0.312 e. The Kier molecular flexibility index (Phi) is 8.52. The topological polar surface area (TPSA) is 105 Å². The van der Waals surface area contributed by atoms with Crippen molar-refractivity contribution in [2.24, 2.45) is 5.73 Å². The fourth-order valence-electron chi connectivity index (χ4n) is 1.95. The van der Waals surface area contributed by atoms with Gasteiger partial charge in [0.15, 0.2) is 0 Å². The van der Waals surface area contributed by atoms with Gasteiger partial charge in [0.1, 0.15) is 5.75 Å². The summed E-state index contributed by atoms with van der Waals surface area (Å²) in [4.78, 5) is 22.5. The lowest BCUT2D eigenvalue weighted by atomic mass is 10.2. The lowest BCUT2D eigenvalue weighted by Gasteiger charge is -2.15. The second-order valence-electron chi connectivity index (χ2n) is 5.15. The maximum atomic E-state index is 12.0. The molecule has 1 aromatic carbocycles. The quantitative estimate of drug-likeness (QED) is 0.348. The van der Waals surface area contributed by atoms with Crippen LogP contribution >= 0.6 is 0 Å². The third-order valence-electron chi connectivity index (χ3n) is 3.23. The summed E-state index contributed by atoms with van der Waals surface area (Å²) in [5.74, 6) is 0.142. The molecule has 23 heavy (non-hydrogen) atoms. The largest absolute Gasteiger partial charge is 0.494 e. The second kappa shape index (κ2) is 10.4. The SMILES string of the molecule is CCCCCCOc1ccc(C(=O)N(O)CCNC(N)=O)cc1. The first-order valence-electron chi connectivity index (χ1n) is 7.81. The van der Waals surface area contributed by atoms with Gasteiger partial charge < -0.3 is 15.8 Å². The van der Waals surface area contributed by atoms with E-state index in [-0.39, 0.29) is 13.1 Å². The van der Waals surface area contributed by atoms with Gasteiger partial charge in [-0.05, 0) is 30.7 Å². The number of nitrogens with one attached hydrogen (secondary N) is 1. The average Bonchev–Trinajstić information content (AvgIpc) is 2.54. The molecule has 4 N–H and O–H groups in total. The maximum absolute atomic E-state index is 12.0. The lowest BCUT2D eigenvalue weighted by Crippen LogP contribution is -2.38. The van der Waals surface area contributed by atoms with E-state index in [1.807, 2.05) is 0 Å². The lowest BCUT2D eigenvalue weighted by molar-refractivity contribution is -0.0564. The van der Waals surface area contributed by atoms with Crippen LogP contribution in [0.5, 0.6) is 5.75 Å². The number of primary amides is 1. The molecule has 0 aliphatic rings. The number of urea groups is 1. The zero-order valence-corrected chi connectivity index (χ0v) is 13.5. The van der Waals surface area contributed by atoms with Gasteiger partial charge in [-0.25, -0.2) is 9.86 Å². The van der Waals surface area contributed by atoms with Crippen LogP contribution in [-0.4, -0.2) is 41.9 Å². The van der Waals surface area contributed by atoms with E-state index in [1.54, 1.807) is 24.3 Å². The van der Waals surface area contributed by atoms with Gasteiger partial charge in [-0.15, -0.1) is 0 Å². The standard InChI is InChI=1S/C16H25N3O4/c1-2-3-4-5-12-23-14-8-6-13(7-9-14)15(20)19(22)11-10-18-16(17)21/h6-9,22H,2-5,10-12H2,1H3,(H3,17,18,21). The van der Waals surface area contributed by atoms with Crippen LogP contribution in [0.3, 0.4) is 0 Å². The van der Waals surface area contributed by atoms with Gasteiger partial charge in [-0.2, -0.15) is 0 Å². The molecule has 0 aromatic heterocycles. The van der Waals surface area contributed by atoms with Crippen molar-refractivity contribution < 1.29 is 19.5 Å². The third kappa shape index (κ3) is 7.51. The normalized spacial score (nSPS) is 10.2. The summed E-state index contributed by atoms with van der Waals surface area (Å²) < 4.78 is 5.59. The fourth-order valence-corrected chi connectivity index (χ4v) is 1.95. The molecule has 0 aliphatic heterocycles. The molecule has 0 spiro atoms. The summed E-state index contributed by atoms with van der Waals surface area (Å²) in [5.41, 5.74) is 5.24. The average molecular weight is 323 g/mol. The Morgan fingerprint density at radius 3 is 2.52 bits per heavy atom. The highest BCUT2D eigenvalue weighted by molar-refractivity contribution is 5.93. The Morgan fingerprint density at radius 1 is 1.22 bits per heavy atom. The van der Waals surface area contributed by atoms with Gasteiger partial charge in [0, 0.05) is 12.1 Å². The van der Waals surface area contributed by atoms with Crippen molar-refractivity contribution in [3.05, 3.63) is 29.8 Å². The number of ether oxygens (including phenoxy) is 1.